The molecule has 0 saturated carbocycles. The maximum absolute atomic E-state index is 12.8. The number of hydrogen-bond acceptors (Lipinski definition) is 4. The fourth-order valence-electron chi connectivity index (χ4n) is 3.85. The highest BCUT2D eigenvalue weighted by molar-refractivity contribution is 8.18. The van der Waals surface area contributed by atoms with Crippen LogP contribution < -0.4 is 4.74 Å². The molecule has 2 amide bonds. The molecule has 0 atom stereocenters. The molecule has 4 nitrogen and oxygen atoms in total. The summed E-state index contributed by atoms with van der Waals surface area (Å²) in [5.74, 6) is 0.394. The number of carbonyl (C=O) groups is 2. The second-order valence-electron chi connectivity index (χ2n) is 8.01. The minimum absolute atomic E-state index is 0.139. The van der Waals surface area contributed by atoms with Crippen molar-refractivity contribution < 1.29 is 14.3 Å². The topological polar surface area (TPSA) is 46.6 Å². The molecule has 0 aromatic heterocycles. The molecule has 0 unspecified atom stereocenters. The molecule has 0 aliphatic carbocycles. The molecule has 0 bridgehead atoms. The number of imide groups is 1. The monoisotopic (exact) mass is 519 g/mol. The smallest absolute Gasteiger partial charge is 0.293 e. The lowest BCUT2D eigenvalue weighted by molar-refractivity contribution is -0.123. The molecule has 4 aromatic carbocycles. The van der Waals surface area contributed by atoms with Gasteiger partial charge in [-0.1, -0.05) is 83.9 Å². The van der Waals surface area contributed by atoms with Crippen molar-refractivity contribution in [2.24, 2.45) is 0 Å². The number of nitrogens with zero attached hydrogens (tertiary/aromatic N) is 1. The second-order valence-corrected chi connectivity index (χ2v) is 9.82. The zero-order valence-corrected chi connectivity index (χ0v) is 20.7. The van der Waals surface area contributed by atoms with Crippen LogP contribution in [0.1, 0.15) is 16.7 Å². The van der Waals surface area contributed by atoms with Crippen molar-refractivity contribution in [3.63, 3.8) is 0 Å². The summed E-state index contributed by atoms with van der Waals surface area (Å²) in [5, 5.41) is 2.84. The number of carbonyl (C=O) groups excluding carboxylic acids is 2. The largest absolute Gasteiger partial charge is 0.489 e. The third kappa shape index (κ3) is 5.22. The first-order chi connectivity index (χ1) is 17.0. The minimum Gasteiger partial charge on any atom is -0.489 e. The number of benzene rings is 4. The molecule has 1 fully saturated rings. The van der Waals surface area contributed by atoms with Gasteiger partial charge in [0, 0.05) is 0 Å². The highest BCUT2D eigenvalue weighted by atomic mass is 35.5. The van der Waals surface area contributed by atoms with Crippen molar-refractivity contribution in [1.82, 2.24) is 4.90 Å². The molecule has 4 aromatic rings. The van der Waals surface area contributed by atoms with Crippen LogP contribution >= 0.6 is 35.0 Å². The predicted molar refractivity (Wildman–Crippen MR) is 143 cm³/mol. The van der Waals surface area contributed by atoms with Gasteiger partial charge in [-0.2, -0.15) is 0 Å². The lowest BCUT2D eigenvalue weighted by atomic mass is 10.1. The summed E-state index contributed by atoms with van der Waals surface area (Å²) in [7, 11) is 0. The van der Waals surface area contributed by atoms with Crippen LogP contribution in [0.5, 0.6) is 5.75 Å². The molecule has 35 heavy (non-hydrogen) atoms. The first kappa shape index (κ1) is 23.5. The van der Waals surface area contributed by atoms with E-state index in [1.54, 1.807) is 24.3 Å². The zero-order valence-electron chi connectivity index (χ0n) is 18.4. The van der Waals surface area contributed by atoms with E-state index in [2.05, 4.69) is 24.3 Å². The molecule has 174 valence electrons. The molecule has 1 aliphatic heterocycles. The van der Waals surface area contributed by atoms with E-state index < -0.39 is 0 Å². The number of amides is 2. The summed E-state index contributed by atoms with van der Waals surface area (Å²) >= 11 is 12.9. The van der Waals surface area contributed by atoms with E-state index in [1.165, 1.54) is 15.7 Å². The van der Waals surface area contributed by atoms with Gasteiger partial charge in [-0.25, -0.2) is 0 Å². The summed E-state index contributed by atoms with van der Waals surface area (Å²) in [6.45, 7) is 0.591. The van der Waals surface area contributed by atoms with Crippen LogP contribution in [0, 0.1) is 0 Å². The van der Waals surface area contributed by atoms with Gasteiger partial charge in [-0.05, 0) is 69.6 Å². The molecule has 1 aliphatic rings. The van der Waals surface area contributed by atoms with Gasteiger partial charge in [-0.15, -0.1) is 0 Å². The molecule has 7 heteroatoms. The quantitative estimate of drug-likeness (QED) is 0.242. The summed E-state index contributed by atoms with van der Waals surface area (Å²) in [6.07, 6.45) is 1.72. The van der Waals surface area contributed by atoms with Gasteiger partial charge in [-0.3, -0.25) is 14.5 Å². The minimum atomic E-state index is -0.331. The number of ether oxygens (including phenoxy) is 1. The molecule has 0 N–H and O–H groups in total. The first-order valence-corrected chi connectivity index (χ1v) is 12.4. The van der Waals surface area contributed by atoms with Crippen molar-refractivity contribution in [1.29, 1.82) is 0 Å². The van der Waals surface area contributed by atoms with Gasteiger partial charge in [0.05, 0.1) is 21.5 Å². The Morgan fingerprint density at radius 1 is 0.857 bits per heavy atom. The Hall–Kier alpha value is -3.25. The third-order valence-corrected chi connectivity index (χ3v) is 7.30. The average Bonchev–Trinajstić information content (AvgIpc) is 3.13. The number of halogens is 2. The third-order valence-electron chi connectivity index (χ3n) is 5.65. The van der Waals surface area contributed by atoms with Crippen molar-refractivity contribution in [3.05, 3.63) is 117 Å². The van der Waals surface area contributed by atoms with E-state index in [9.17, 15) is 9.59 Å². The van der Waals surface area contributed by atoms with E-state index in [0.29, 0.717) is 21.6 Å². The molecule has 1 heterocycles. The number of rotatable bonds is 6. The van der Waals surface area contributed by atoms with Gasteiger partial charge in [0.2, 0.25) is 0 Å². The predicted octanol–water partition coefficient (Wildman–Crippen LogP) is 7.96. The highest BCUT2D eigenvalue weighted by Gasteiger charge is 2.35. The average molecular weight is 520 g/mol. The second kappa shape index (κ2) is 10.2. The lowest BCUT2D eigenvalue weighted by Crippen LogP contribution is -2.27. The van der Waals surface area contributed by atoms with E-state index in [0.717, 1.165) is 34.2 Å². The van der Waals surface area contributed by atoms with Crippen molar-refractivity contribution in [2.45, 2.75) is 13.2 Å². The first-order valence-electron chi connectivity index (χ1n) is 10.9. The number of thioether (sulfide) groups is 1. The SMILES string of the molecule is O=C1S/C(=C\c2ccc(OCc3cccc4ccccc34)cc2)C(=O)N1Cc1ccc(Cl)c(Cl)c1. The van der Waals surface area contributed by atoms with E-state index in [4.69, 9.17) is 27.9 Å². The summed E-state index contributed by atoms with van der Waals surface area (Å²) < 4.78 is 5.99. The summed E-state index contributed by atoms with van der Waals surface area (Å²) in [6, 6.07) is 26.9. The van der Waals surface area contributed by atoms with Gasteiger partial charge < -0.3 is 4.74 Å². The maximum atomic E-state index is 12.8. The summed E-state index contributed by atoms with van der Waals surface area (Å²) in [4.78, 5) is 26.9. The molecule has 0 radical (unpaired) electrons. The van der Waals surface area contributed by atoms with Crippen LogP contribution in [0.25, 0.3) is 16.8 Å². The molecule has 0 spiro atoms. The Kier molecular flexibility index (Phi) is 6.82. The highest BCUT2D eigenvalue weighted by Crippen LogP contribution is 2.34. The van der Waals surface area contributed by atoms with Crippen LogP contribution in [0.15, 0.2) is 89.8 Å². The number of fused-ring (bicyclic) bond motifs is 1. The Labute approximate surface area is 217 Å². The Bertz CT molecular complexity index is 1460. The van der Waals surface area contributed by atoms with E-state index in [1.807, 2.05) is 42.5 Å². The van der Waals surface area contributed by atoms with Crippen LogP contribution in [-0.4, -0.2) is 16.0 Å². The lowest BCUT2D eigenvalue weighted by Gasteiger charge is -2.13. The van der Waals surface area contributed by atoms with Gasteiger partial charge in [0.25, 0.3) is 11.1 Å². The zero-order chi connectivity index (χ0) is 24.4. The van der Waals surface area contributed by atoms with Crippen molar-refractivity contribution in [3.8, 4) is 5.75 Å². The van der Waals surface area contributed by atoms with Crippen LogP contribution in [-0.2, 0) is 17.9 Å². The molecular weight excluding hydrogens is 501 g/mol. The van der Waals surface area contributed by atoms with Gasteiger partial charge in [0.15, 0.2) is 0 Å². The fourth-order valence-corrected chi connectivity index (χ4v) is 5.01. The molecular formula is C28H19Cl2NO3S. The van der Waals surface area contributed by atoms with Crippen LogP contribution in [0.4, 0.5) is 4.79 Å². The Morgan fingerprint density at radius 3 is 2.43 bits per heavy atom. The Morgan fingerprint density at radius 2 is 1.63 bits per heavy atom. The van der Waals surface area contributed by atoms with Gasteiger partial charge in [0.1, 0.15) is 12.4 Å². The van der Waals surface area contributed by atoms with E-state index >= 15 is 0 Å². The van der Waals surface area contributed by atoms with Gasteiger partial charge >= 0.3 is 0 Å². The standard InChI is InChI=1S/C28H19Cl2NO3S/c29-24-13-10-19(14-25(24)30)16-31-27(32)26(35-28(31)33)15-18-8-11-22(12-9-18)34-17-21-6-3-5-20-4-1-2-7-23(20)21/h1-15H,16-17H2/b26-15-. The van der Waals surface area contributed by atoms with Crippen LogP contribution in [0.2, 0.25) is 10.0 Å². The molecule has 1 saturated heterocycles. The molecule has 5 rings (SSSR count). The van der Waals surface area contributed by atoms with E-state index in [-0.39, 0.29) is 17.7 Å². The van der Waals surface area contributed by atoms with Crippen LogP contribution in [0.3, 0.4) is 0 Å². The fraction of sp³-hybridized carbons (Fsp3) is 0.0714. The van der Waals surface area contributed by atoms with Crippen molar-refractivity contribution >= 4 is 63.0 Å². The number of hydrogen-bond donors (Lipinski definition) is 0. The summed E-state index contributed by atoms with van der Waals surface area (Å²) in [5.41, 5.74) is 2.65. The maximum Gasteiger partial charge on any atom is 0.293 e. The van der Waals surface area contributed by atoms with Crippen molar-refractivity contribution in [2.75, 3.05) is 0 Å². The normalized spacial score (nSPS) is 14.8. The Balaban J connectivity index is 1.25.